The molecule has 42 heavy (non-hydrogen) atoms. The monoisotopic (exact) mass is 597 g/mol. The molecular weight excluding hydrogens is 573 g/mol. The van der Waals surface area contributed by atoms with Gasteiger partial charge in [0.25, 0.3) is 0 Å². The number of hydrogen-bond donors (Lipinski definition) is 1. The van der Waals surface area contributed by atoms with Gasteiger partial charge in [0.15, 0.2) is 0 Å². The maximum Gasteiger partial charge on any atom is 0.342 e. The number of carboxylic acid groups (broad SMARTS) is 1. The van der Waals surface area contributed by atoms with E-state index in [-0.39, 0.29) is 17.0 Å². The summed E-state index contributed by atoms with van der Waals surface area (Å²) in [5.74, 6) is -1.86. The first-order chi connectivity index (χ1) is 20.4. The zero-order chi connectivity index (χ0) is 29.0. The minimum absolute atomic E-state index is 0.0249. The van der Waals surface area contributed by atoms with Crippen molar-refractivity contribution in [1.82, 2.24) is 9.30 Å². The van der Waals surface area contributed by atoms with Crippen molar-refractivity contribution in [3.05, 3.63) is 129 Å². The molecule has 9 heteroatoms. The van der Waals surface area contributed by atoms with Gasteiger partial charge in [-0.25, -0.2) is 9.18 Å². The smallest absolute Gasteiger partial charge is 0.342 e. The van der Waals surface area contributed by atoms with Crippen LogP contribution in [0.3, 0.4) is 0 Å². The third-order valence-corrected chi connectivity index (χ3v) is 9.44. The molecule has 0 aliphatic carbocycles. The minimum atomic E-state index is -1.32. The van der Waals surface area contributed by atoms with Crippen molar-refractivity contribution in [2.24, 2.45) is 0 Å². The fourth-order valence-electron chi connectivity index (χ4n) is 6.09. The van der Waals surface area contributed by atoms with Crippen molar-refractivity contribution in [2.75, 3.05) is 31.1 Å². The van der Waals surface area contributed by atoms with Gasteiger partial charge in [-0.3, -0.25) is 14.1 Å². The van der Waals surface area contributed by atoms with Crippen molar-refractivity contribution in [3.63, 3.8) is 0 Å². The molecule has 1 unspecified atom stereocenters. The van der Waals surface area contributed by atoms with Crippen molar-refractivity contribution in [2.45, 2.75) is 6.04 Å². The van der Waals surface area contributed by atoms with Gasteiger partial charge in [-0.15, -0.1) is 11.3 Å². The Kier molecular flexibility index (Phi) is 6.69. The minimum Gasteiger partial charge on any atom is -0.477 e. The van der Waals surface area contributed by atoms with Gasteiger partial charge in [0, 0.05) is 31.2 Å². The summed E-state index contributed by atoms with van der Waals surface area (Å²) < 4.78 is 18.4. The van der Waals surface area contributed by atoms with Gasteiger partial charge in [0.1, 0.15) is 16.2 Å². The number of hydrogen-bond acceptors (Lipinski definition) is 5. The number of piperazine rings is 1. The Hall–Kier alpha value is -4.24. The van der Waals surface area contributed by atoms with E-state index >= 15 is 4.39 Å². The zero-order valence-electron chi connectivity index (χ0n) is 22.3. The van der Waals surface area contributed by atoms with Gasteiger partial charge >= 0.3 is 5.97 Å². The molecule has 1 aliphatic heterocycles. The molecule has 0 spiro atoms. The van der Waals surface area contributed by atoms with E-state index in [1.165, 1.54) is 23.0 Å². The van der Waals surface area contributed by atoms with E-state index in [0.717, 1.165) is 15.8 Å². The lowest BCUT2D eigenvalue weighted by Crippen LogP contribution is -2.48. The average molecular weight is 598 g/mol. The molecule has 6 nitrogen and oxygen atoms in total. The van der Waals surface area contributed by atoms with Crippen LogP contribution >= 0.6 is 22.9 Å². The summed E-state index contributed by atoms with van der Waals surface area (Å²) in [4.78, 5) is 30.2. The van der Waals surface area contributed by atoms with E-state index in [2.05, 4.69) is 29.2 Å². The van der Waals surface area contributed by atoms with Gasteiger partial charge < -0.3 is 10.0 Å². The van der Waals surface area contributed by atoms with Crippen LogP contribution in [0.4, 0.5) is 10.1 Å². The van der Waals surface area contributed by atoms with E-state index in [1.54, 1.807) is 10.5 Å². The lowest BCUT2D eigenvalue weighted by atomic mass is 9.96. The number of anilines is 1. The summed E-state index contributed by atoms with van der Waals surface area (Å²) >= 11 is 7.43. The van der Waals surface area contributed by atoms with Gasteiger partial charge in [-0.05, 0) is 47.5 Å². The van der Waals surface area contributed by atoms with Crippen molar-refractivity contribution < 1.29 is 14.3 Å². The largest absolute Gasteiger partial charge is 0.477 e. The maximum atomic E-state index is 15.7. The highest BCUT2D eigenvalue weighted by atomic mass is 35.5. The van der Waals surface area contributed by atoms with Crippen LogP contribution in [0.25, 0.3) is 25.9 Å². The highest BCUT2D eigenvalue weighted by Gasteiger charge is 2.29. The van der Waals surface area contributed by atoms with Crippen LogP contribution < -0.4 is 10.3 Å². The molecule has 7 rings (SSSR count). The molecular formula is C33H25ClFN3O3S. The van der Waals surface area contributed by atoms with Crippen LogP contribution in [0.5, 0.6) is 0 Å². The number of para-hydroxylation sites is 1. The molecule has 0 radical (unpaired) electrons. The first-order valence-electron chi connectivity index (χ1n) is 13.6. The Morgan fingerprint density at radius 2 is 1.52 bits per heavy atom. The predicted molar refractivity (Wildman–Crippen MR) is 167 cm³/mol. The van der Waals surface area contributed by atoms with Crippen LogP contribution in [-0.4, -0.2) is 46.6 Å². The Morgan fingerprint density at radius 1 is 0.857 bits per heavy atom. The summed E-state index contributed by atoms with van der Waals surface area (Å²) in [5, 5.41) is 10.6. The highest BCUT2D eigenvalue weighted by Crippen LogP contribution is 2.35. The number of aromatic carboxylic acids is 1. The Morgan fingerprint density at radius 3 is 2.24 bits per heavy atom. The Labute approximate surface area is 249 Å². The molecule has 0 amide bonds. The second-order valence-electron chi connectivity index (χ2n) is 10.4. The van der Waals surface area contributed by atoms with E-state index < -0.39 is 17.2 Å². The number of benzene rings is 4. The van der Waals surface area contributed by atoms with E-state index in [0.29, 0.717) is 47.2 Å². The van der Waals surface area contributed by atoms with Gasteiger partial charge in [0.2, 0.25) is 5.43 Å². The summed E-state index contributed by atoms with van der Waals surface area (Å²) in [6.07, 6.45) is 0. The average Bonchev–Trinajstić information content (AvgIpc) is 3.38. The van der Waals surface area contributed by atoms with Gasteiger partial charge in [-0.1, -0.05) is 66.2 Å². The lowest BCUT2D eigenvalue weighted by molar-refractivity contribution is 0.0697. The topological polar surface area (TPSA) is 65.3 Å². The predicted octanol–water partition coefficient (Wildman–Crippen LogP) is 7.07. The number of carbonyl (C=O) groups is 1. The van der Waals surface area contributed by atoms with E-state index in [1.807, 2.05) is 59.5 Å². The van der Waals surface area contributed by atoms with Gasteiger partial charge in [0.05, 0.1) is 32.8 Å². The Balaban J connectivity index is 1.28. The molecule has 0 bridgehead atoms. The fourth-order valence-corrected chi connectivity index (χ4v) is 7.40. The molecule has 210 valence electrons. The van der Waals surface area contributed by atoms with Crippen molar-refractivity contribution >= 4 is 60.5 Å². The SMILES string of the molecule is O=C(O)c1c(=O)c2cc(F)c(N3CCN(C(c4ccccc4)c4ccc(Cl)cc4)CC3)cc2n2c1sc1ccccc12. The number of aromatic nitrogens is 1. The number of thiazole rings is 1. The fraction of sp³-hybridized carbons (Fsp3) is 0.152. The number of pyridine rings is 1. The number of rotatable bonds is 5. The molecule has 4 aromatic carbocycles. The first-order valence-corrected chi connectivity index (χ1v) is 14.8. The number of carboxylic acids is 1. The molecule has 1 aliphatic rings. The summed E-state index contributed by atoms with van der Waals surface area (Å²) in [7, 11) is 0. The third kappa shape index (κ3) is 4.43. The molecule has 1 fully saturated rings. The van der Waals surface area contributed by atoms with Crippen LogP contribution in [0.15, 0.2) is 95.8 Å². The van der Waals surface area contributed by atoms with Crippen LogP contribution in [-0.2, 0) is 0 Å². The molecule has 1 atom stereocenters. The van der Waals surface area contributed by atoms with Crippen LogP contribution in [0, 0.1) is 5.82 Å². The van der Waals surface area contributed by atoms with Gasteiger partial charge in [-0.2, -0.15) is 0 Å². The standard InChI is InChI=1S/C33H25ClFN3O3S/c34-22-12-10-21(11-13-22)30(20-6-2-1-3-7-20)37-16-14-36(15-17-37)27-19-26-23(18-24(27)35)31(39)29(33(40)41)32-38(26)25-8-4-5-9-28(25)42-32/h1-13,18-19,30H,14-17H2,(H,40,41). The second-order valence-corrected chi connectivity index (χ2v) is 11.9. The second kappa shape index (κ2) is 10.5. The van der Waals surface area contributed by atoms with Crippen molar-refractivity contribution in [1.29, 1.82) is 0 Å². The summed E-state index contributed by atoms with van der Waals surface area (Å²) in [5.41, 5.74) is 2.98. The quantitative estimate of drug-likeness (QED) is 0.230. The highest BCUT2D eigenvalue weighted by molar-refractivity contribution is 7.24. The number of fused-ring (bicyclic) bond motifs is 5. The normalized spacial score (nSPS) is 15.0. The van der Waals surface area contributed by atoms with Crippen LogP contribution in [0.1, 0.15) is 27.5 Å². The molecule has 1 N–H and O–H groups in total. The summed E-state index contributed by atoms with van der Waals surface area (Å²) in [6.45, 7) is 2.53. The van der Waals surface area contributed by atoms with E-state index in [4.69, 9.17) is 11.6 Å². The van der Waals surface area contributed by atoms with Crippen molar-refractivity contribution in [3.8, 4) is 0 Å². The number of nitrogens with zero attached hydrogens (tertiary/aromatic N) is 3. The lowest BCUT2D eigenvalue weighted by Gasteiger charge is -2.40. The first kappa shape index (κ1) is 26.6. The summed E-state index contributed by atoms with van der Waals surface area (Å²) in [6, 6.07) is 28.7. The third-order valence-electron chi connectivity index (χ3n) is 8.04. The molecule has 2 aromatic heterocycles. The molecule has 6 aromatic rings. The maximum absolute atomic E-state index is 15.7. The van der Waals surface area contributed by atoms with Crippen LogP contribution in [0.2, 0.25) is 5.02 Å². The Bertz CT molecular complexity index is 2030. The zero-order valence-corrected chi connectivity index (χ0v) is 23.9. The molecule has 3 heterocycles. The number of halogens is 2. The van der Waals surface area contributed by atoms with E-state index in [9.17, 15) is 14.7 Å². The molecule has 0 saturated carbocycles. The molecule has 1 saturated heterocycles.